The Bertz CT molecular complexity index is 1300. The third-order valence-corrected chi connectivity index (χ3v) is 8.49. The van der Waals surface area contributed by atoms with Gasteiger partial charge < -0.3 is 4.74 Å². The van der Waals surface area contributed by atoms with Gasteiger partial charge in [-0.2, -0.15) is 4.31 Å². The Labute approximate surface area is 203 Å². The summed E-state index contributed by atoms with van der Waals surface area (Å²) in [5.41, 5.74) is 1.64. The van der Waals surface area contributed by atoms with Crippen LogP contribution in [0.3, 0.4) is 0 Å². The molecule has 2 heterocycles. The van der Waals surface area contributed by atoms with Crippen molar-refractivity contribution in [2.75, 3.05) is 6.61 Å². The Morgan fingerprint density at radius 3 is 2.32 bits per heavy atom. The summed E-state index contributed by atoms with van der Waals surface area (Å²) in [6.45, 7) is 3.74. The molecule has 0 aliphatic carbocycles. The van der Waals surface area contributed by atoms with Crippen molar-refractivity contribution >= 4 is 33.1 Å². The molecule has 0 N–H and O–H groups in total. The molecule has 0 saturated carbocycles. The molecule has 0 unspecified atom stereocenters. The number of ether oxygens (including phenoxy) is 1. The molecule has 0 saturated heterocycles. The maximum Gasteiger partial charge on any atom is 0.335 e. The first-order valence-electron chi connectivity index (χ1n) is 10.9. The Morgan fingerprint density at radius 1 is 1.00 bits per heavy atom. The highest BCUT2D eigenvalue weighted by molar-refractivity contribution is 7.89. The van der Waals surface area contributed by atoms with Crippen LogP contribution in [0.2, 0.25) is 0 Å². The summed E-state index contributed by atoms with van der Waals surface area (Å²) in [7, 11) is -4.06. The van der Waals surface area contributed by atoms with Crippen LogP contribution < -0.4 is 0 Å². The first-order chi connectivity index (χ1) is 16.3. The van der Waals surface area contributed by atoms with Gasteiger partial charge >= 0.3 is 5.97 Å². The van der Waals surface area contributed by atoms with Gasteiger partial charge in [-0.25, -0.2) is 13.2 Å². The molecular formula is C26H25NO5S2. The zero-order valence-corrected chi connectivity index (χ0v) is 20.5. The quantitative estimate of drug-likeness (QED) is 0.327. The number of Topliss-reactive ketones (excluding diaryl/α,β-unsaturated/α-hetero) is 1. The lowest BCUT2D eigenvalue weighted by atomic mass is 10.0. The lowest BCUT2D eigenvalue weighted by Crippen LogP contribution is -2.39. The number of hydrogen-bond donors (Lipinski definition) is 0. The molecule has 3 aromatic rings. The number of carbonyl (C=O) groups excluding carboxylic acids is 2. The number of thiophene rings is 1. The second kappa shape index (κ2) is 10.0. The van der Waals surface area contributed by atoms with Crippen LogP contribution in [0.5, 0.6) is 0 Å². The van der Waals surface area contributed by atoms with E-state index in [4.69, 9.17) is 4.74 Å². The van der Waals surface area contributed by atoms with E-state index in [1.54, 1.807) is 67.6 Å². The fourth-order valence-corrected chi connectivity index (χ4v) is 6.68. The molecule has 4 rings (SSSR count). The summed E-state index contributed by atoms with van der Waals surface area (Å²) in [6, 6.07) is 17.2. The molecule has 34 heavy (non-hydrogen) atoms. The van der Waals surface area contributed by atoms with Gasteiger partial charge in [0.15, 0.2) is 5.78 Å². The van der Waals surface area contributed by atoms with Gasteiger partial charge in [-0.3, -0.25) is 4.79 Å². The van der Waals surface area contributed by atoms with Gasteiger partial charge in [0, 0.05) is 16.9 Å². The molecule has 0 bridgehead atoms. The molecule has 0 radical (unpaired) electrons. The number of benzene rings is 2. The summed E-state index contributed by atoms with van der Waals surface area (Å²) in [4.78, 5) is 26.8. The monoisotopic (exact) mass is 495 g/mol. The second-order valence-corrected chi connectivity index (χ2v) is 10.8. The lowest BCUT2D eigenvalue weighted by molar-refractivity contribution is -0.138. The summed E-state index contributed by atoms with van der Waals surface area (Å²) in [6.07, 6.45) is 1.48. The molecule has 2 atom stereocenters. The van der Waals surface area contributed by atoms with Gasteiger partial charge in [-0.05, 0) is 37.4 Å². The van der Waals surface area contributed by atoms with E-state index < -0.39 is 28.1 Å². The van der Waals surface area contributed by atoms with Crippen molar-refractivity contribution in [3.63, 3.8) is 0 Å². The SMILES string of the molecule is CCOC(=O)C1=C[C@@H](CC(=O)c2ccccc2)N(S(=O)(=O)c2ccc(C)cc2)[C@H]1c1cccs1. The number of hydrogen-bond acceptors (Lipinski definition) is 6. The summed E-state index contributed by atoms with van der Waals surface area (Å²) >= 11 is 1.35. The minimum atomic E-state index is -4.06. The Balaban J connectivity index is 1.82. The standard InChI is InChI=1S/C26H25NO5S2/c1-3-32-26(29)22-16-20(17-23(28)19-8-5-4-6-9-19)27(25(22)24-10-7-15-33-24)34(30,31)21-13-11-18(2)12-14-21/h4-16,20,25H,3,17H2,1-2H3/t20-,25+/m0/s1. The largest absolute Gasteiger partial charge is 0.463 e. The van der Waals surface area contributed by atoms with E-state index in [2.05, 4.69) is 0 Å². The third-order valence-electron chi connectivity index (χ3n) is 5.66. The van der Waals surface area contributed by atoms with Crippen LogP contribution >= 0.6 is 11.3 Å². The topological polar surface area (TPSA) is 80.8 Å². The van der Waals surface area contributed by atoms with E-state index in [1.165, 1.54) is 15.6 Å². The van der Waals surface area contributed by atoms with E-state index in [-0.39, 0.29) is 29.3 Å². The average molecular weight is 496 g/mol. The number of esters is 1. The summed E-state index contributed by atoms with van der Waals surface area (Å²) in [5, 5.41) is 1.83. The highest BCUT2D eigenvalue weighted by Crippen LogP contribution is 2.44. The molecule has 2 aromatic carbocycles. The zero-order valence-electron chi connectivity index (χ0n) is 18.9. The maximum atomic E-state index is 13.9. The number of ketones is 1. The van der Waals surface area contributed by atoms with Gasteiger partial charge in [-0.1, -0.05) is 60.2 Å². The highest BCUT2D eigenvalue weighted by atomic mass is 32.2. The number of rotatable bonds is 8. The average Bonchev–Trinajstić information content (AvgIpc) is 3.48. The molecule has 176 valence electrons. The van der Waals surface area contributed by atoms with Crippen molar-refractivity contribution in [3.05, 3.63) is 99.8 Å². The van der Waals surface area contributed by atoms with Crippen molar-refractivity contribution in [2.24, 2.45) is 0 Å². The molecular weight excluding hydrogens is 470 g/mol. The van der Waals surface area contributed by atoms with Gasteiger partial charge in [0.1, 0.15) is 0 Å². The van der Waals surface area contributed by atoms with Gasteiger partial charge in [0.25, 0.3) is 0 Å². The Hall–Kier alpha value is -3.07. The summed E-state index contributed by atoms with van der Waals surface area (Å²) in [5.74, 6) is -0.791. The fourth-order valence-electron chi connectivity index (χ4n) is 4.05. The van der Waals surface area contributed by atoms with Crippen LogP contribution in [0.15, 0.2) is 88.7 Å². The molecule has 0 fully saturated rings. The van der Waals surface area contributed by atoms with Crippen LogP contribution in [-0.4, -0.2) is 37.1 Å². The molecule has 8 heteroatoms. The van der Waals surface area contributed by atoms with E-state index in [0.717, 1.165) is 5.56 Å². The fraction of sp³-hybridized carbons (Fsp3) is 0.231. The van der Waals surface area contributed by atoms with E-state index in [1.807, 2.05) is 24.4 Å². The lowest BCUT2D eigenvalue weighted by Gasteiger charge is -2.30. The van der Waals surface area contributed by atoms with Crippen LogP contribution in [-0.2, 0) is 19.6 Å². The minimum Gasteiger partial charge on any atom is -0.463 e. The molecule has 1 aliphatic heterocycles. The van der Waals surface area contributed by atoms with Crippen molar-refractivity contribution in [1.82, 2.24) is 4.31 Å². The highest BCUT2D eigenvalue weighted by Gasteiger charge is 2.47. The van der Waals surface area contributed by atoms with Gasteiger partial charge in [-0.15, -0.1) is 11.3 Å². The van der Waals surface area contributed by atoms with Crippen LogP contribution in [0.4, 0.5) is 0 Å². The van der Waals surface area contributed by atoms with Crippen LogP contribution in [0.1, 0.15) is 40.2 Å². The van der Waals surface area contributed by atoms with Crippen LogP contribution in [0.25, 0.3) is 0 Å². The molecule has 1 aromatic heterocycles. The number of carbonyl (C=O) groups is 2. The normalized spacial score (nSPS) is 18.5. The van der Waals surface area contributed by atoms with Crippen molar-refractivity contribution in [3.8, 4) is 0 Å². The zero-order chi connectivity index (χ0) is 24.3. The minimum absolute atomic E-state index is 0.0973. The van der Waals surface area contributed by atoms with Crippen molar-refractivity contribution < 1.29 is 22.7 Å². The Morgan fingerprint density at radius 2 is 1.71 bits per heavy atom. The molecule has 1 aliphatic rings. The number of sulfonamides is 1. The van der Waals surface area contributed by atoms with E-state index >= 15 is 0 Å². The Kier molecular flexibility index (Phi) is 7.11. The number of nitrogens with zero attached hydrogens (tertiary/aromatic N) is 1. The van der Waals surface area contributed by atoms with E-state index in [9.17, 15) is 18.0 Å². The second-order valence-electron chi connectivity index (χ2n) is 7.97. The van der Waals surface area contributed by atoms with Crippen molar-refractivity contribution in [2.45, 2.75) is 37.2 Å². The number of aryl methyl sites for hydroxylation is 1. The van der Waals surface area contributed by atoms with Gasteiger partial charge in [0.05, 0.1) is 29.2 Å². The first kappa shape index (κ1) is 24.1. The molecule has 0 amide bonds. The molecule has 0 spiro atoms. The van der Waals surface area contributed by atoms with Gasteiger partial charge in [0.2, 0.25) is 10.0 Å². The maximum absolute atomic E-state index is 13.9. The predicted molar refractivity (Wildman–Crippen MR) is 131 cm³/mol. The van der Waals surface area contributed by atoms with Crippen LogP contribution in [0, 0.1) is 6.92 Å². The third kappa shape index (κ3) is 4.75. The van der Waals surface area contributed by atoms with Crippen molar-refractivity contribution in [1.29, 1.82) is 0 Å². The molecule has 6 nitrogen and oxygen atoms in total. The smallest absolute Gasteiger partial charge is 0.335 e. The van der Waals surface area contributed by atoms with E-state index in [0.29, 0.717) is 10.4 Å². The first-order valence-corrected chi connectivity index (χ1v) is 13.3. The predicted octanol–water partition coefficient (Wildman–Crippen LogP) is 4.93. The summed E-state index contributed by atoms with van der Waals surface area (Å²) < 4.78 is 34.4.